The average molecular weight is 371 g/mol. The van der Waals surface area contributed by atoms with Crippen LogP contribution < -0.4 is 9.47 Å². The summed E-state index contributed by atoms with van der Waals surface area (Å²) in [6.07, 6.45) is 0.843. The van der Waals surface area contributed by atoms with Crippen LogP contribution in [-0.4, -0.2) is 29.7 Å². The zero-order valence-electron chi connectivity index (χ0n) is 14.8. The second kappa shape index (κ2) is 7.86. The van der Waals surface area contributed by atoms with E-state index in [0.717, 1.165) is 6.42 Å². The Morgan fingerprint density at radius 1 is 1.22 bits per heavy atom. The van der Waals surface area contributed by atoms with E-state index in [1.165, 1.54) is 31.4 Å². The van der Waals surface area contributed by atoms with Crippen LogP contribution in [0.25, 0.3) is 10.9 Å². The molecule has 140 valence electrons. The third-order valence-electron chi connectivity index (χ3n) is 3.83. The summed E-state index contributed by atoms with van der Waals surface area (Å²) in [5, 5.41) is 17.9. The molecule has 27 heavy (non-hydrogen) atoms. The number of azo groups is 1. The van der Waals surface area contributed by atoms with Gasteiger partial charge in [0.1, 0.15) is 5.82 Å². The number of ether oxygens (including phenoxy) is 2. The SMILES string of the molecule is CCCOc1ccc(C(=O)N=Nc2c(O)[nH]c3cc(F)ccc23)cc1OC. The van der Waals surface area contributed by atoms with Gasteiger partial charge in [-0.05, 0) is 42.8 Å². The highest BCUT2D eigenvalue weighted by Crippen LogP contribution is 2.36. The Morgan fingerprint density at radius 3 is 2.78 bits per heavy atom. The summed E-state index contributed by atoms with van der Waals surface area (Å²) in [5.41, 5.74) is 0.672. The van der Waals surface area contributed by atoms with Gasteiger partial charge in [-0.1, -0.05) is 6.92 Å². The molecule has 7 nitrogen and oxygen atoms in total. The molecule has 1 aromatic heterocycles. The number of amides is 1. The van der Waals surface area contributed by atoms with E-state index in [0.29, 0.717) is 29.0 Å². The molecule has 0 saturated heterocycles. The van der Waals surface area contributed by atoms with Crippen LogP contribution in [0.4, 0.5) is 10.1 Å². The van der Waals surface area contributed by atoms with Gasteiger partial charge >= 0.3 is 0 Å². The summed E-state index contributed by atoms with van der Waals surface area (Å²) >= 11 is 0. The second-order valence-electron chi connectivity index (χ2n) is 5.73. The fraction of sp³-hybridized carbons (Fsp3) is 0.211. The topological polar surface area (TPSA) is 96.3 Å². The number of hydrogen-bond acceptors (Lipinski definition) is 5. The molecule has 0 aliphatic heterocycles. The number of benzene rings is 2. The van der Waals surface area contributed by atoms with Crippen molar-refractivity contribution in [2.75, 3.05) is 13.7 Å². The molecule has 0 spiro atoms. The normalized spacial score (nSPS) is 11.2. The van der Waals surface area contributed by atoms with Crippen molar-refractivity contribution in [3.8, 4) is 17.4 Å². The Balaban J connectivity index is 1.86. The first kappa shape index (κ1) is 18.4. The maximum atomic E-state index is 13.3. The minimum absolute atomic E-state index is 0.0632. The van der Waals surface area contributed by atoms with Crippen LogP contribution in [0.1, 0.15) is 23.7 Å². The number of carbonyl (C=O) groups excluding carboxylic acids is 1. The fourth-order valence-corrected chi connectivity index (χ4v) is 2.53. The summed E-state index contributed by atoms with van der Waals surface area (Å²) < 4.78 is 24.1. The maximum absolute atomic E-state index is 13.3. The van der Waals surface area contributed by atoms with Crippen molar-refractivity contribution in [3.63, 3.8) is 0 Å². The molecule has 0 unspecified atom stereocenters. The first-order valence-electron chi connectivity index (χ1n) is 8.30. The maximum Gasteiger partial charge on any atom is 0.295 e. The van der Waals surface area contributed by atoms with Gasteiger partial charge in [-0.3, -0.25) is 4.79 Å². The summed E-state index contributed by atoms with van der Waals surface area (Å²) in [4.78, 5) is 14.9. The van der Waals surface area contributed by atoms with Crippen molar-refractivity contribution < 1.29 is 23.8 Å². The molecule has 8 heteroatoms. The Kier molecular flexibility index (Phi) is 5.35. The van der Waals surface area contributed by atoms with E-state index >= 15 is 0 Å². The lowest BCUT2D eigenvalue weighted by Crippen LogP contribution is -2.00. The van der Waals surface area contributed by atoms with Crippen LogP contribution >= 0.6 is 0 Å². The van der Waals surface area contributed by atoms with E-state index in [-0.39, 0.29) is 17.1 Å². The first-order valence-corrected chi connectivity index (χ1v) is 8.30. The van der Waals surface area contributed by atoms with Crippen LogP contribution in [0.15, 0.2) is 46.6 Å². The standard InChI is InChI=1S/C19H18FN3O4/c1-3-8-27-15-7-4-11(9-16(15)26-2)18(24)23-22-17-13-6-5-12(20)10-14(13)21-19(17)25/h4-7,9-10,21,25H,3,8H2,1-2H3. The molecule has 0 fully saturated rings. The predicted octanol–water partition coefficient (Wildman–Crippen LogP) is 4.73. The Hall–Kier alpha value is -3.42. The van der Waals surface area contributed by atoms with E-state index in [4.69, 9.17) is 9.47 Å². The quantitative estimate of drug-likeness (QED) is 0.612. The molecule has 0 aliphatic rings. The summed E-state index contributed by atoms with van der Waals surface area (Å²) in [7, 11) is 1.48. The highest BCUT2D eigenvalue weighted by molar-refractivity contribution is 5.97. The largest absolute Gasteiger partial charge is 0.493 e. The van der Waals surface area contributed by atoms with Crippen molar-refractivity contribution in [1.29, 1.82) is 0 Å². The number of aromatic nitrogens is 1. The van der Waals surface area contributed by atoms with Crippen molar-refractivity contribution in [2.45, 2.75) is 13.3 Å². The third-order valence-corrected chi connectivity index (χ3v) is 3.83. The number of H-pyrrole nitrogens is 1. The number of rotatable bonds is 6. The molecular formula is C19H18FN3O4. The molecule has 1 heterocycles. The Bertz CT molecular complexity index is 1010. The van der Waals surface area contributed by atoms with Crippen molar-refractivity contribution in [1.82, 2.24) is 4.98 Å². The lowest BCUT2D eigenvalue weighted by atomic mass is 10.2. The number of methoxy groups -OCH3 is 1. The zero-order valence-corrected chi connectivity index (χ0v) is 14.8. The molecule has 0 atom stereocenters. The average Bonchev–Trinajstić information content (AvgIpc) is 2.98. The summed E-state index contributed by atoms with van der Waals surface area (Å²) in [6, 6.07) is 8.59. The second-order valence-corrected chi connectivity index (χ2v) is 5.73. The van der Waals surface area contributed by atoms with Gasteiger partial charge in [-0.2, -0.15) is 0 Å². The van der Waals surface area contributed by atoms with Gasteiger partial charge in [0.25, 0.3) is 5.91 Å². The van der Waals surface area contributed by atoms with Crippen molar-refractivity contribution in [2.24, 2.45) is 10.2 Å². The Morgan fingerprint density at radius 2 is 2.04 bits per heavy atom. The number of nitrogens with one attached hydrogen (secondary N) is 1. The van der Waals surface area contributed by atoms with E-state index in [1.807, 2.05) is 6.92 Å². The first-order chi connectivity index (χ1) is 13.0. The van der Waals surface area contributed by atoms with Crippen LogP contribution in [0.2, 0.25) is 0 Å². The number of carbonyl (C=O) groups is 1. The minimum Gasteiger partial charge on any atom is -0.493 e. The molecular weight excluding hydrogens is 353 g/mol. The molecule has 0 aliphatic carbocycles. The molecule has 0 bridgehead atoms. The van der Waals surface area contributed by atoms with Crippen molar-refractivity contribution >= 4 is 22.5 Å². The molecule has 0 saturated carbocycles. The zero-order chi connectivity index (χ0) is 19.4. The number of aromatic amines is 1. The van der Waals surface area contributed by atoms with Gasteiger partial charge in [-0.25, -0.2) is 4.39 Å². The molecule has 1 amide bonds. The monoisotopic (exact) mass is 371 g/mol. The van der Waals surface area contributed by atoms with Crippen LogP contribution in [0.5, 0.6) is 17.4 Å². The molecule has 0 radical (unpaired) electrons. The fourth-order valence-electron chi connectivity index (χ4n) is 2.53. The lowest BCUT2D eigenvalue weighted by molar-refractivity contribution is 0.0994. The highest BCUT2D eigenvalue weighted by atomic mass is 19.1. The predicted molar refractivity (Wildman–Crippen MR) is 97.5 cm³/mol. The smallest absolute Gasteiger partial charge is 0.295 e. The van der Waals surface area contributed by atoms with Gasteiger partial charge in [-0.15, -0.1) is 10.2 Å². The van der Waals surface area contributed by atoms with E-state index in [1.54, 1.807) is 12.1 Å². The van der Waals surface area contributed by atoms with Gasteiger partial charge in [0.2, 0.25) is 5.88 Å². The van der Waals surface area contributed by atoms with Gasteiger partial charge in [0, 0.05) is 10.9 Å². The molecule has 2 aromatic carbocycles. The molecule has 3 rings (SSSR count). The van der Waals surface area contributed by atoms with Crippen LogP contribution in [0.3, 0.4) is 0 Å². The van der Waals surface area contributed by atoms with Crippen molar-refractivity contribution in [3.05, 3.63) is 47.8 Å². The lowest BCUT2D eigenvalue weighted by Gasteiger charge is -2.10. The number of nitrogens with zero attached hydrogens (tertiary/aromatic N) is 2. The molecule has 2 N–H and O–H groups in total. The van der Waals surface area contributed by atoms with E-state index in [2.05, 4.69) is 15.2 Å². The number of aromatic hydroxyl groups is 1. The third kappa shape index (κ3) is 3.89. The van der Waals surface area contributed by atoms with Crippen LogP contribution in [0, 0.1) is 5.82 Å². The van der Waals surface area contributed by atoms with E-state index in [9.17, 15) is 14.3 Å². The van der Waals surface area contributed by atoms with Gasteiger partial charge < -0.3 is 19.6 Å². The number of halogens is 1. The van der Waals surface area contributed by atoms with Crippen LogP contribution in [-0.2, 0) is 0 Å². The minimum atomic E-state index is -0.619. The Labute approximate surface area is 154 Å². The summed E-state index contributed by atoms with van der Waals surface area (Å²) in [6.45, 7) is 2.52. The van der Waals surface area contributed by atoms with Gasteiger partial charge in [0.15, 0.2) is 17.2 Å². The number of hydrogen-bond donors (Lipinski definition) is 2. The molecule has 3 aromatic rings. The highest BCUT2D eigenvalue weighted by Gasteiger charge is 2.14. The van der Waals surface area contributed by atoms with E-state index < -0.39 is 11.7 Å². The van der Waals surface area contributed by atoms with Gasteiger partial charge in [0.05, 0.1) is 19.2 Å². The number of fused-ring (bicyclic) bond motifs is 1. The summed E-state index contributed by atoms with van der Waals surface area (Å²) in [5.74, 6) is -0.431.